The number of nitrogens with one attached hydrogen (secondary N) is 2. The number of rotatable bonds is 6. The van der Waals surface area contributed by atoms with Crippen molar-refractivity contribution in [3.05, 3.63) is 34.7 Å². The minimum Gasteiger partial charge on any atom is -0.458 e. The van der Waals surface area contributed by atoms with E-state index in [0.717, 1.165) is 35.8 Å². The third kappa shape index (κ3) is 6.03. The summed E-state index contributed by atoms with van der Waals surface area (Å²) in [5, 5.41) is 11.6. The average Bonchev–Trinajstić information content (AvgIpc) is 3.09. The zero-order valence-electron chi connectivity index (χ0n) is 17.6. The van der Waals surface area contributed by atoms with Gasteiger partial charge in [-0.3, -0.25) is 10.2 Å². The Bertz CT molecular complexity index is 939. The fourth-order valence-corrected chi connectivity index (χ4v) is 4.50. The molecule has 0 bridgehead atoms. The van der Waals surface area contributed by atoms with E-state index >= 15 is 0 Å². The van der Waals surface area contributed by atoms with Crippen LogP contribution in [0.2, 0.25) is 0 Å². The molecule has 30 heavy (non-hydrogen) atoms. The molecule has 1 aromatic heterocycles. The van der Waals surface area contributed by atoms with Crippen molar-refractivity contribution in [1.29, 1.82) is 5.41 Å². The molecule has 3 rings (SSSR count). The Morgan fingerprint density at radius 2 is 1.90 bits per heavy atom. The summed E-state index contributed by atoms with van der Waals surface area (Å²) in [6.45, 7) is 5.45. The first-order valence-corrected chi connectivity index (χ1v) is 10.9. The third-order valence-corrected chi connectivity index (χ3v) is 6.02. The van der Waals surface area contributed by atoms with Crippen LogP contribution in [-0.4, -0.2) is 42.1 Å². The van der Waals surface area contributed by atoms with Crippen LogP contribution >= 0.6 is 11.3 Å². The molecule has 0 unspecified atom stereocenters. The molecule has 0 spiro atoms. The second-order valence-corrected chi connectivity index (χ2v) is 9.71. The Labute approximate surface area is 180 Å². The van der Waals surface area contributed by atoms with Crippen molar-refractivity contribution >= 4 is 39.1 Å². The summed E-state index contributed by atoms with van der Waals surface area (Å²) in [5.74, 6) is -0.420. The first-order chi connectivity index (χ1) is 14.1. The summed E-state index contributed by atoms with van der Waals surface area (Å²) in [4.78, 5) is 25.1. The van der Waals surface area contributed by atoms with Gasteiger partial charge in [0.25, 0.3) is 5.91 Å². The maximum Gasteiger partial charge on any atom is 0.332 e. The van der Waals surface area contributed by atoms with Gasteiger partial charge in [0.2, 0.25) is 0 Å². The maximum absolute atomic E-state index is 12.7. The number of hydrogen-bond acceptors (Lipinski definition) is 6. The predicted octanol–water partition coefficient (Wildman–Crippen LogP) is 3.58. The summed E-state index contributed by atoms with van der Waals surface area (Å²) >= 11 is 1.40. The highest BCUT2D eigenvalue weighted by atomic mass is 32.1. The fraction of sp³-hybridized carbons (Fsp3) is 0.500. The van der Waals surface area contributed by atoms with Gasteiger partial charge in [0.15, 0.2) is 0 Å². The van der Waals surface area contributed by atoms with E-state index in [1.54, 1.807) is 6.07 Å². The molecule has 1 heterocycles. The number of thiophene rings is 1. The van der Waals surface area contributed by atoms with Gasteiger partial charge in [0.05, 0.1) is 11.0 Å². The highest BCUT2D eigenvalue weighted by Crippen LogP contribution is 2.28. The molecule has 1 fully saturated rings. The zero-order valence-corrected chi connectivity index (χ0v) is 18.4. The summed E-state index contributed by atoms with van der Waals surface area (Å²) in [5.41, 5.74) is 5.69. The van der Waals surface area contributed by atoms with Crippen LogP contribution < -0.4 is 11.1 Å². The fourth-order valence-electron chi connectivity index (χ4n) is 3.50. The van der Waals surface area contributed by atoms with Crippen molar-refractivity contribution < 1.29 is 19.1 Å². The van der Waals surface area contributed by atoms with Gasteiger partial charge in [-0.05, 0) is 64.0 Å². The second-order valence-electron chi connectivity index (χ2n) is 8.62. The van der Waals surface area contributed by atoms with Crippen LogP contribution in [0.25, 0.3) is 10.1 Å². The normalized spacial score (nSPS) is 19.4. The number of amidine groups is 1. The van der Waals surface area contributed by atoms with Crippen LogP contribution in [0.5, 0.6) is 0 Å². The number of fused-ring (bicyclic) bond motifs is 1. The van der Waals surface area contributed by atoms with Crippen LogP contribution in [0.3, 0.4) is 0 Å². The minimum absolute atomic E-state index is 0.0139. The number of hydrogen-bond donors (Lipinski definition) is 3. The molecule has 162 valence electrons. The first kappa shape index (κ1) is 22.2. The monoisotopic (exact) mass is 431 g/mol. The standard InChI is InChI=1S/C22H29N3O4S/c1-22(2,3)29-19(26)12-28-16-8-6-15(7-9-16)25-21(27)18-10-13-4-5-14(20(23)24)11-17(13)30-18/h4-5,10-11,15-16H,6-9,12H2,1-3H3,(H3,23,24)(H,25,27). The van der Waals surface area contributed by atoms with E-state index in [4.69, 9.17) is 20.6 Å². The van der Waals surface area contributed by atoms with Crippen molar-refractivity contribution in [1.82, 2.24) is 5.32 Å². The number of esters is 1. The van der Waals surface area contributed by atoms with Crippen LogP contribution in [0.15, 0.2) is 24.3 Å². The molecule has 1 amide bonds. The number of nitrogens with two attached hydrogens (primary N) is 1. The van der Waals surface area contributed by atoms with Crippen molar-refractivity contribution in [3.63, 3.8) is 0 Å². The zero-order chi connectivity index (χ0) is 21.9. The Hall–Kier alpha value is -2.45. The van der Waals surface area contributed by atoms with Gasteiger partial charge >= 0.3 is 5.97 Å². The van der Waals surface area contributed by atoms with E-state index in [-0.39, 0.29) is 36.5 Å². The Balaban J connectivity index is 1.48. The molecule has 1 aromatic carbocycles. The van der Waals surface area contributed by atoms with Crippen LogP contribution in [0, 0.1) is 5.41 Å². The highest BCUT2D eigenvalue weighted by Gasteiger charge is 2.25. The van der Waals surface area contributed by atoms with Crippen molar-refractivity contribution in [2.75, 3.05) is 6.61 Å². The van der Waals surface area contributed by atoms with Gasteiger partial charge in [0, 0.05) is 16.3 Å². The Morgan fingerprint density at radius 1 is 1.20 bits per heavy atom. The lowest BCUT2D eigenvalue weighted by atomic mass is 9.93. The van der Waals surface area contributed by atoms with E-state index in [1.165, 1.54) is 11.3 Å². The molecule has 0 saturated heterocycles. The lowest BCUT2D eigenvalue weighted by Crippen LogP contribution is -2.39. The number of carbonyl (C=O) groups is 2. The molecule has 1 saturated carbocycles. The van der Waals surface area contributed by atoms with Gasteiger partial charge in [-0.2, -0.15) is 0 Å². The quantitative estimate of drug-likeness (QED) is 0.367. The molecule has 0 atom stereocenters. The Kier molecular flexibility index (Phi) is 6.77. The summed E-state index contributed by atoms with van der Waals surface area (Å²) < 4.78 is 11.9. The molecule has 7 nitrogen and oxygen atoms in total. The highest BCUT2D eigenvalue weighted by molar-refractivity contribution is 7.20. The van der Waals surface area contributed by atoms with Crippen LogP contribution in [0.1, 0.15) is 61.7 Å². The van der Waals surface area contributed by atoms with Crippen LogP contribution in [0.4, 0.5) is 0 Å². The topological polar surface area (TPSA) is 114 Å². The molecule has 4 N–H and O–H groups in total. The first-order valence-electron chi connectivity index (χ1n) is 10.1. The molecule has 2 aromatic rings. The van der Waals surface area contributed by atoms with E-state index in [0.29, 0.717) is 10.4 Å². The van der Waals surface area contributed by atoms with Gasteiger partial charge in [-0.1, -0.05) is 12.1 Å². The molecule has 8 heteroatoms. The van der Waals surface area contributed by atoms with Gasteiger partial charge in [-0.25, -0.2) is 4.79 Å². The number of amides is 1. The molecule has 0 radical (unpaired) electrons. The largest absolute Gasteiger partial charge is 0.458 e. The van der Waals surface area contributed by atoms with Gasteiger partial charge in [0.1, 0.15) is 18.0 Å². The summed E-state index contributed by atoms with van der Waals surface area (Å²) in [6, 6.07) is 7.47. The average molecular weight is 432 g/mol. The van der Waals surface area contributed by atoms with E-state index < -0.39 is 5.60 Å². The van der Waals surface area contributed by atoms with Crippen LogP contribution in [-0.2, 0) is 14.3 Å². The molecular formula is C22H29N3O4S. The smallest absolute Gasteiger partial charge is 0.332 e. The van der Waals surface area contributed by atoms with Crippen molar-refractivity contribution in [3.8, 4) is 0 Å². The minimum atomic E-state index is -0.511. The van der Waals surface area contributed by atoms with Gasteiger partial charge in [-0.15, -0.1) is 11.3 Å². The second kappa shape index (κ2) is 9.14. The lowest BCUT2D eigenvalue weighted by molar-refractivity contribution is -0.162. The molecule has 1 aliphatic carbocycles. The number of ether oxygens (including phenoxy) is 2. The number of benzene rings is 1. The molecule has 0 aliphatic heterocycles. The SMILES string of the molecule is CC(C)(C)OC(=O)COC1CCC(NC(=O)c2cc3ccc(C(=N)N)cc3s2)CC1. The lowest BCUT2D eigenvalue weighted by Gasteiger charge is -2.29. The molecular weight excluding hydrogens is 402 g/mol. The predicted molar refractivity (Wildman–Crippen MR) is 118 cm³/mol. The van der Waals surface area contributed by atoms with Crippen molar-refractivity contribution in [2.45, 2.75) is 64.2 Å². The number of carbonyl (C=O) groups excluding carboxylic acids is 2. The van der Waals surface area contributed by atoms with E-state index in [2.05, 4.69) is 5.32 Å². The summed E-state index contributed by atoms with van der Waals surface area (Å²) in [7, 11) is 0. The summed E-state index contributed by atoms with van der Waals surface area (Å²) in [6.07, 6.45) is 3.22. The molecule has 1 aliphatic rings. The van der Waals surface area contributed by atoms with Gasteiger partial charge < -0.3 is 20.5 Å². The Morgan fingerprint density at radius 3 is 2.53 bits per heavy atom. The van der Waals surface area contributed by atoms with E-state index in [1.807, 2.05) is 39.0 Å². The van der Waals surface area contributed by atoms with E-state index in [9.17, 15) is 9.59 Å². The van der Waals surface area contributed by atoms with Crippen molar-refractivity contribution in [2.24, 2.45) is 5.73 Å². The number of nitrogen functional groups attached to an aromatic ring is 1. The third-order valence-electron chi connectivity index (χ3n) is 4.92. The maximum atomic E-state index is 12.7.